The topological polar surface area (TPSA) is 76.1 Å². The third-order valence-electron chi connectivity index (χ3n) is 2.65. The molecule has 1 N–H and O–H groups in total. The fraction of sp³-hybridized carbons (Fsp3) is 0.556. The van der Waals surface area contributed by atoms with E-state index in [2.05, 4.69) is 10.3 Å². The Morgan fingerprint density at radius 1 is 1.59 bits per heavy atom. The molecule has 2 atom stereocenters. The largest absolute Gasteiger partial charge is 0.302 e. The first-order valence-electron chi connectivity index (χ1n) is 5.02. The Morgan fingerprint density at radius 2 is 2.18 bits per heavy atom. The van der Waals surface area contributed by atoms with Gasteiger partial charge in [0.25, 0.3) is 9.05 Å². The minimum atomic E-state index is -3.79. The molecule has 0 spiro atoms. The molecule has 0 radical (unpaired) electrons. The number of anilines is 1. The van der Waals surface area contributed by atoms with Gasteiger partial charge in [0, 0.05) is 16.6 Å². The van der Waals surface area contributed by atoms with Gasteiger partial charge in [-0.05, 0) is 19.3 Å². The lowest BCUT2D eigenvalue weighted by atomic mass is 10.3. The van der Waals surface area contributed by atoms with Gasteiger partial charge in [-0.2, -0.15) is 0 Å². The van der Waals surface area contributed by atoms with Gasteiger partial charge in [-0.1, -0.05) is 18.3 Å². The maximum absolute atomic E-state index is 11.6. The fourth-order valence-electron chi connectivity index (χ4n) is 1.55. The van der Waals surface area contributed by atoms with E-state index in [4.69, 9.17) is 10.7 Å². The van der Waals surface area contributed by atoms with Gasteiger partial charge < -0.3 is 5.32 Å². The lowest BCUT2D eigenvalue weighted by Gasteiger charge is -1.98. The molecule has 8 heteroatoms. The van der Waals surface area contributed by atoms with Crippen molar-refractivity contribution in [3.05, 3.63) is 5.69 Å². The molecular formula is C9H11ClN2O3S2. The number of halogens is 1. The summed E-state index contributed by atoms with van der Waals surface area (Å²) in [4.78, 5) is 15.6. The first kappa shape index (κ1) is 12.8. The molecule has 1 saturated carbocycles. The molecule has 0 aromatic carbocycles. The van der Waals surface area contributed by atoms with Crippen molar-refractivity contribution < 1.29 is 13.2 Å². The summed E-state index contributed by atoms with van der Waals surface area (Å²) in [6.07, 6.45) is 0.872. The molecule has 2 unspecified atom stereocenters. The summed E-state index contributed by atoms with van der Waals surface area (Å²) in [6, 6.07) is 0. The number of amides is 1. The summed E-state index contributed by atoms with van der Waals surface area (Å²) in [7, 11) is 1.45. The molecule has 17 heavy (non-hydrogen) atoms. The average molecular weight is 295 g/mol. The van der Waals surface area contributed by atoms with Crippen LogP contribution < -0.4 is 5.32 Å². The Bertz CT molecular complexity index is 567. The Hall–Kier alpha value is -0.660. The van der Waals surface area contributed by atoms with E-state index in [1.165, 1.54) is 0 Å². The van der Waals surface area contributed by atoms with Crippen molar-refractivity contribution in [2.24, 2.45) is 11.8 Å². The van der Waals surface area contributed by atoms with E-state index in [0.29, 0.717) is 11.6 Å². The van der Waals surface area contributed by atoms with Gasteiger partial charge in [0.1, 0.15) is 0 Å². The van der Waals surface area contributed by atoms with Gasteiger partial charge >= 0.3 is 0 Å². The summed E-state index contributed by atoms with van der Waals surface area (Å²) in [6.45, 7) is 3.53. The number of carbonyl (C=O) groups excluding carboxylic acids is 1. The van der Waals surface area contributed by atoms with Crippen LogP contribution in [0.2, 0.25) is 0 Å². The first-order valence-corrected chi connectivity index (χ1v) is 8.14. The molecule has 1 fully saturated rings. The van der Waals surface area contributed by atoms with Crippen molar-refractivity contribution in [1.29, 1.82) is 0 Å². The Kier molecular flexibility index (Phi) is 3.17. The van der Waals surface area contributed by atoms with Gasteiger partial charge in [0.05, 0.1) is 5.69 Å². The van der Waals surface area contributed by atoms with Crippen molar-refractivity contribution in [2.75, 3.05) is 5.32 Å². The van der Waals surface area contributed by atoms with Crippen LogP contribution in [0.15, 0.2) is 4.21 Å². The number of aromatic nitrogens is 1. The number of thiazole rings is 1. The van der Waals surface area contributed by atoms with E-state index < -0.39 is 9.05 Å². The highest BCUT2D eigenvalue weighted by atomic mass is 35.7. The molecule has 0 saturated heterocycles. The van der Waals surface area contributed by atoms with Crippen LogP contribution in [-0.2, 0) is 13.8 Å². The Balaban J connectivity index is 2.16. The smallest absolute Gasteiger partial charge is 0.272 e. The first-order chi connectivity index (χ1) is 7.79. The molecule has 0 aliphatic heterocycles. The number of nitrogens with zero attached hydrogens (tertiary/aromatic N) is 1. The molecule has 0 bridgehead atoms. The second-order valence-corrected chi connectivity index (χ2v) is 7.90. The van der Waals surface area contributed by atoms with Gasteiger partial charge in [-0.3, -0.25) is 4.79 Å². The number of rotatable bonds is 3. The lowest BCUT2D eigenvalue weighted by Crippen LogP contribution is -2.14. The molecule has 1 heterocycles. The highest BCUT2D eigenvalue weighted by molar-refractivity contribution is 8.15. The fourth-order valence-corrected chi connectivity index (χ4v) is 3.90. The van der Waals surface area contributed by atoms with Gasteiger partial charge in [-0.15, -0.1) is 0 Å². The minimum Gasteiger partial charge on any atom is -0.302 e. The maximum Gasteiger partial charge on any atom is 0.272 e. The summed E-state index contributed by atoms with van der Waals surface area (Å²) in [5.41, 5.74) is 0.309. The number of hydrogen-bond donors (Lipinski definition) is 1. The molecule has 1 aliphatic rings. The maximum atomic E-state index is 11.6. The summed E-state index contributed by atoms with van der Waals surface area (Å²) < 4.78 is 22.3. The van der Waals surface area contributed by atoms with Crippen LogP contribution in [-0.4, -0.2) is 19.3 Å². The van der Waals surface area contributed by atoms with Crippen LogP contribution in [0.5, 0.6) is 0 Å². The van der Waals surface area contributed by atoms with E-state index in [0.717, 1.165) is 17.8 Å². The quantitative estimate of drug-likeness (QED) is 0.865. The number of aryl methyl sites for hydroxylation is 1. The zero-order valence-corrected chi connectivity index (χ0v) is 11.6. The highest BCUT2D eigenvalue weighted by Gasteiger charge is 2.39. The van der Waals surface area contributed by atoms with Crippen LogP contribution in [0.3, 0.4) is 0 Å². The zero-order valence-electron chi connectivity index (χ0n) is 9.23. The summed E-state index contributed by atoms with van der Waals surface area (Å²) in [5.74, 6) is 0.312. The third-order valence-corrected chi connectivity index (χ3v) is 5.90. The highest BCUT2D eigenvalue weighted by Crippen LogP contribution is 2.39. The van der Waals surface area contributed by atoms with Gasteiger partial charge in [-0.25, -0.2) is 13.4 Å². The van der Waals surface area contributed by atoms with E-state index in [9.17, 15) is 13.2 Å². The summed E-state index contributed by atoms with van der Waals surface area (Å²) in [5, 5.41) is 2.90. The van der Waals surface area contributed by atoms with Crippen LogP contribution in [0.1, 0.15) is 19.0 Å². The standard InChI is InChI=1S/C9H11ClN2O3S2/c1-4-3-6(4)7(13)12-9-11-5(2)8(16-9)17(10,14)15/h4,6H,3H2,1-2H3,(H,11,12,13). The van der Waals surface area contributed by atoms with Crippen molar-refractivity contribution in [3.8, 4) is 0 Å². The number of nitrogens with one attached hydrogen (secondary N) is 1. The van der Waals surface area contributed by atoms with E-state index in [1.54, 1.807) is 6.92 Å². The third kappa shape index (κ3) is 2.78. The van der Waals surface area contributed by atoms with Gasteiger partial charge in [0.2, 0.25) is 5.91 Å². The molecule has 5 nitrogen and oxygen atoms in total. The van der Waals surface area contributed by atoms with Crippen LogP contribution >= 0.6 is 22.0 Å². The average Bonchev–Trinajstić information content (AvgIpc) is 2.78. The molecule has 1 aromatic heterocycles. The molecule has 1 aromatic rings. The molecular weight excluding hydrogens is 284 g/mol. The predicted octanol–water partition coefficient (Wildman–Crippen LogP) is 1.97. The Labute approximate surface area is 108 Å². The molecule has 1 aliphatic carbocycles. The predicted molar refractivity (Wildman–Crippen MR) is 65.8 cm³/mol. The van der Waals surface area contributed by atoms with Crippen LogP contribution in [0.4, 0.5) is 5.13 Å². The van der Waals surface area contributed by atoms with Crippen molar-refractivity contribution in [3.63, 3.8) is 0 Å². The van der Waals surface area contributed by atoms with E-state index in [1.807, 2.05) is 6.92 Å². The SMILES string of the molecule is Cc1nc(NC(=O)C2CC2C)sc1S(=O)(=O)Cl. The second kappa shape index (κ2) is 4.22. The minimum absolute atomic E-state index is 0.0155. The zero-order chi connectivity index (χ0) is 12.8. The van der Waals surface area contributed by atoms with E-state index >= 15 is 0 Å². The lowest BCUT2D eigenvalue weighted by molar-refractivity contribution is -0.117. The second-order valence-electron chi connectivity index (χ2n) is 4.14. The number of hydrogen-bond acceptors (Lipinski definition) is 5. The monoisotopic (exact) mass is 294 g/mol. The number of carbonyl (C=O) groups is 1. The normalized spacial score (nSPS) is 23.5. The van der Waals surface area contributed by atoms with Crippen molar-refractivity contribution in [2.45, 2.75) is 24.5 Å². The molecule has 1 amide bonds. The van der Waals surface area contributed by atoms with Gasteiger partial charge in [0.15, 0.2) is 9.34 Å². The van der Waals surface area contributed by atoms with Crippen molar-refractivity contribution >= 4 is 42.1 Å². The molecule has 2 rings (SSSR count). The Morgan fingerprint density at radius 3 is 2.59 bits per heavy atom. The van der Waals surface area contributed by atoms with Crippen molar-refractivity contribution in [1.82, 2.24) is 4.98 Å². The summed E-state index contributed by atoms with van der Waals surface area (Å²) >= 11 is 0.878. The van der Waals surface area contributed by atoms with Crippen LogP contribution in [0.25, 0.3) is 0 Å². The van der Waals surface area contributed by atoms with E-state index in [-0.39, 0.29) is 21.2 Å². The molecule has 94 valence electrons. The van der Waals surface area contributed by atoms with Crippen LogP contribution in [0, 0.1) is 18.8 Å².